The quantitative estimate of drug-likeness (QED) is 0.833. The Morgan fingerprint density at radius 1 is 1.27 bits per heavy atom. The smallest absolute Gasteiger partial charge is 0.335 e. The molecule has 0 aromatic heterocycles. The van der Waals surface area contributed by atoms with E-state index in [1.807, 2.05) is 0 Å². The number of rotatable bonds is 2. The number of carboxylic acid groups (broad SMARTS) is 1. The van der Waals surface area contributed by atoms with Crippen molar-refractivity contribution in [2.45, 2.75) is 4.90 Å². The number of carbonyl (C=O) groups is 1. The summed E-state index contributed by atoms with van der Waals surface area (Å²) in [5.41, 5.74) is -0.641. The minimum Gasteiger partial charge on any atom is -0.478 e. The van der Waals surface area contributed by atoms with Gasteiger partial charge < -0.3 is 5.11 Å². The summed E-state index contributed by atoms with van der Waals surface area (Å²) >= 11 is 0. The largest absolute Gasteiger partial charge is 0.478 e. The molecule has 15 heavy (non-hydrogen) atoms. The van der Waals surface area contributed by atoms with Gasteiger partial charge in [0.05, 0.1) is 5.56 Å². The van der Waals surface area contributed by atoms with Gasteiger partial charge in [-0.15, -0.1) is 0 Å². The first-order chi connectivity index (χ1) is 6.73. The second-order valence-electron chi connectivity index (χ2n) is 2.85. The van der Waals surface area contributed by atoms with Crippen LogP contribution in [0, 0.1) is 11.6 Å². The Labute approximate surface area is 84.1 Å². The fraction of sp³-hybridized carbons (Fsp3) is 0.125. The first kappa shape index (κ1) is 11.6. The lowest BCUT2D eigenvalue weighted by atomic mass is 10.2. The van der Waals surface area contributed by atoms with Crippen molar-refractivity contribution < 1.29 is 27.1 Å². The van der Waals surface area contributed by atoms with Crippen molar-refractivity contribution in [3.8, 4) is 0 Å². The molecule has 0 aliphatic rings. The van der Waals surface area contributed by atoms with Gasteiger partial charge in [0, 0.05) is 6.26 Å². The van der Waals surface area contributed by atoms with E-state index in [0.717, 1.165) is 0 Å². The van der Waals surface area contributed by atoms with Crippen molar-refractivity contribution in [1.82, 2.24) is 0 Å². The first-order valence-corrected chi connectivity index (χ1v) is 5.55. The molecule has 1 aromatic carbocycles. The van der Waals surface area contributed by atoms with Crippen molar-refractivity contribution in [1.29, 1.82) is 0 Å². The molecule has 0 atom stereocenters. The van der Waals surface area contributed by atoms with Gasteiger partial charge >= 0.3 is 5.97 Å². The Morgan fingerprint density at radius 2 is 1.67 bits per heavy atom. The molecule has 0 spiro atoms. The summed E-state index contributed by atoms with van der Waals surface area (Å²) in [6.07, 6.45) is 0.634. The highest BCUT2D eigenvalue weighted by Gasteiger charge is 2.21. The number of hydrogen-bond acceptors (Lipinski definition) is 3. The monoisotopic (exact) mass is 236 g/mol. The molecule has 0 fully saturated rings. The molecular weight excluding hydrogens is 230 g/mol. The summed E-state index contributed by atoms with van der Waals surface area (Å²) in [6, 6.07) is 0.920. The van der Waals surface area contributed by atoms with Gasteiger partial charge in [0.25, 0.3) is 0 Å². The summed E-state index contributed by atoms with van der Waals surface area (Å²) in [5, 5.41) is 8.44. The molecule has 0 bridgehead atoms. The molecule has 0 heterocycles. The highest BCUT2D eigenvalue weighted by atomic mass is 32.2. The number of sulfone groups is 1. The Morgan fingerprint density at radius 3 is 1.93 bits per heavy atom. The van der Waals surface area contributed by atoms with E-state index >= 15 is 0 Å². The Balaban J connectivity index is 3.55. The zero-order valence-corrected chi connectivity index (χ0v) is 8.31. The lowest BCUT2D eigenvalue weighted by Crippen LogP contribution is -2.07. The number of benzene rings is 1. The molecule has 0 aliphatic heterocycles. The summed E-state index contributed by atoms with van der Waals surface area (Å²) in [7, 11) is -4.05. The lowest BCUT2D eigenvalue weighted by Gasteiger charge is -2.03. The van der Waals surface area contributed by atoms with Crippen LogP contribution in [0.4, 0.5) is 8.78 Å². The predicted octanol–water partition coefficient (Wildman–Crippen LogP) is 1.07. The van der Waals surface area contributed by atoms with Crippen LogP contribution >= 0.6 is 0 Å². The van der Waals surface area contributed by atoms with Gasteiger partial charge in [-0.05, 0) is 12.1 Å². The molecule has 0 aliphatic carbocycles. The SMILES string of the molecule is CS(=O)(=O)c1c(F)cc(C(=O)O)cc1F. The Hall–Kier alpha value is -1.50. The highest BCUT2D eigenvalue weighted by Crippen LogP contribution is 2.20. The van der Waals surface area contributed by atoms with Crippen LogP contribution in [0.1, 0.15) is 10.4 Å². The maximum atomic E-state index is 13.1. The first-order valence-electron chi connectivity index (χ1n) is 3.66. The molecule has 0 unspecified atom stereocenters. The summed E-state index contributed by atoms with van der Waals surface area (Å²) in [6.45, 7) is 0. The molecule has 0 amide bonds. The molecule has 7 heteroatoms. The third kappa shape index (κ3) is 2.30. The van der Waals surface area contributed by atoms with E-state index in [-0.39, 0.29) is 0 Å². The molecule has 1 aromatic rings. The minimum atomic E-state index is -4.05. The van der Waals surface area contributed by atoms with E-state index in [4.69, 9.17) is 5.11 Å². The van der Waals surface area contributed by atoms with Crippen LogP contribution in [-0.2, 0) is 9.84 Å². The van der Waals surface area contributed by atoms with Gasteiger partial charge in [-0.1, -0.05) is 0 Å². The van der Waals surface area contributed by atoms with Crippen LogP contribution in [0.25, 0.3) is 0 Å². The van der Waals surface area contributed by atoms with Crippen LogP contribution in [0.5, 0.6) is 0 Å². The summed E-state index contributed by atoms with van der Waals surface area (Å²) in [5.74, 6) is -4.35. The zero-order valence-electron chi connectivity index (χ0n) is 7.49. The molecule has 0 saturated heterocycles. The van der Waals surface area contributed by atoms with Crippen molar-refractivity contribution >= 4 is 15.8 Å². The van der Waals surface area contributed by atoms with Gasteiger partial charge in [-0.25, -0.2) is 22.0 Å². The van der Waals surface area contributed by atoms with E-state index in [9.17, 15) is 22.0 Å². The lowest BCUT2D eigenvalue weighted by molar-refractivity contribution is 0.0695. The standard InChI is InChI=1S/C8H6F2O4S/c1-15(13,14)7-5(9)2-4(8(11)12)3-6(7)10/h2-3H,1H3,(H,11,12). The normalized spacial score (nSPS) is 11.4. The third-order valence-corrected chi connectivity index (χ3v) is 2.75. The number of aromatic carboxylic acids is 1. The minimum absolute atomic E-state index is 0.460. The van der Waals surface area contributed by atoms with E-state index < -0.39 is 37.9 Å². The van der Waals surface area contributed by atoms with Gasteiger partial charge in [0.15, 0.2) is 9.84 Å². The fourth-order valence-corrected chi connectivity index (χ4v) is 1.86. The van der Waals surface area contributed by atoms with Crippen molar-refractivity contribution in [3.63, 3.8) is 0 Å². The highest BCUT2D eigenvalue weighted by molar-refractivity contribution is 7.90. The molecule has 0 saturated carbocycles. The van der Waals surface area contributed by atoms with Crippen LogP contribution in [0.3, 0.4) is 0 Å². The number of hydrogen-bond donors (Lipinski definition) is 1. The van der Waals surface area contributed by atoms with E-state index in [1.165, 1.54) is 0 Å². The van der Waals surface area contributed by atoms with E-state index in [1.54, 1.807) is 0 Å². The van der Waals surface area contributed by atoms with Gasteiger partial charge in [0.1, 0.15) is 16.5 Å². The average molecular weight is 236 g/mol. The molecule has 4 nitrogen and oxygen atoms in total. The zero-order chi connectivity index (χ0) is 11.8. The van der Waals surface area contributed by atoms with Crippen molar-refractivity contribution in [3.05, 3.63) is 29.3 Å². The molecule has 0 radical (unpaired) electrons. The van der Waals surface area contributed by atoms with Gasteiger partial charge in [-0.2, -0.15) is 0 Å². The summed E-state index contributed by atoms with van der Waals surface area (Å²) < 4.78 is 48.0. The fourth-order valence-electron chi connectivity index (χ4n) is 1.04. The molecule has 1 rings (SSSR count). The average Bonchev–Trinajstić information content (AvgIpc) is 1.99. The predicted molar refractivity (Wildman–Crippen MR) is 46.4 cm³/mol. The number of halogens is 2. The molecule has 1 N–H and O–H groups in total. The topological polar surface area (TPSA) is 71.4 Å². The van der Waals surface area contributed by atoms with Crippen LogP contribution in [-0.4, -0.2) is 25.7 Å². The van der Waals surface area contributed by atoms with Crippen molar-refractivity contribution in [2.75, 3.05) is 6.26 Å². The van der Waals surface area contributed by atoms with E-state index in [0.29, 0.717) is 18.4 Å². The Bertz CT molecular complexity index is 498. The summed E-state index contributed by atoms with van der Waals surface area (Å²) in [4.78, 5) is 9.27. The van der Waals surface area contributed by atoms with Crippen LogP contribution < -0.4 is 0 Å². The third-order valence-electron chi connectivity index (χ3n) is 1.62. The van der Waals surface area contributed by atoms with Gasteiger partial charge in [-0.3, -0.25) is 0 Å². The molecule has 82 valence electrons. The second kappa shape index (κ2) is 3.58. The van der Waals surface area contributed by atoms with Crippen LogP contribution in [0.15, 0.2) is 17.0 Å². The van der Waals surface area contributed by atoms with Gasteiger partial charge in [0.2, 0.25) is 0 Å². The van der Waals surface area contributed by atoms with Crippen LogP contribution in [0.2, 0.25) is 0 Å². The van der Waals surface area contributed by atoms with E-state index in [2.05, 4.69) is 0 Å². The molecular formula is C8H6F2O4S. The Kier molecular flexibility index (Phi) is 2.76. The number of carboxylic acids is 1. The maximum Gasteiger partial charge on any atom is 0.335 e. The second-order valence-corrected chi connectivity index (χ2v) is 4.80. The maximum absolute atomic E-state index is 13.1. The van der Waals surface area contributed by atoms with Crippen molar-refractivity contribution in [2.24, 2.45) is 0 Å².